The molecule has 1 N–H and O–H groups in total. The van der Waals surface area contributed by atoms with Gasteiger partial charge in [-0.2, -0.15) is 0 Å². The Hall–Kier alpha value is -0.440. The first-order valence-electron chi connectivity index (χ1n) is 6.48. The van der Waals surface area contributed by atoms with Crippen molar-refractivity contribution in [1.82, 2.24) is 5.32 Å². The third-order valence-electron chi connectivity index (χ3n) is 3.36. The molecule has 0 spiro atoms. The summed E-state index contributed by atoms with van der Waals surface area (Å²) in [4.78, 5) is 0. The molecule has 1 heterocycles. The number of hydrogen-bond donors (Lipinski definition) is 1. The summed E-state index contributed by atoms with van der Waals surface area (Å²) in [5.41, 5.74) is 2.38. The summed E-state index contributed by atoms with van der Waals surface area (Å²) in [6.07, 6.45) is 3.03. The first kappa shape index (κ1) is 14.0. The van der Waals surface area contributed by atoms with Crippen LogP contribution in [0.5, 0.6) is 5.75 Å². The normalized spacial score (nSPS) is 15.3. The van der Waals surface area contributed by atoms with Gasteiger partial charge in [-0.1, -0.05) is 18.5 Å². The standard InChI is InChI=1S/C14H19Cl2NO/c1-2-13(3-5-15)17-9-11-8-12(16)7-10-4-6-18-14(10)11/h7-8,13,17H,2-6,9H2,1H3. The second-order valence-electron chi connectivity index (χ2n) is 4.62. The number of rotatable bonds is 6. The van der Waals surface area contributed by atoms with Gasteiger partial charge in [-0.05, 0) is 30.5 Å². The van der Waals surface area contributed by atoms with Gasteiger partial charge < -0.3 is 10.1 Å². The van der Waals surface area contributed by atoms with Crippen molar-refractivity contribution in [2.45, 2.75) is 38.8 Å². The number of hydrogen-bond acceptors (Lipinski definition) is 2. The lowest BCUT2D eigenvalue weighted by molar-refractivity contribution is 0.351. The van der Waals surface area contributed by atoms with Gasteiger partial charge in [-0.3, -0.25) is 0 Å². The Balaban J connectivity index is 2.05. The fourth-order valence-corrected chi connectivity index (χ4v) is 2.84. The Morgan fingerprint density at radius 3 is 3.00 bits per heavy atom. The Morgan fingerprint density at radius 2 is 2.28 bits per heavy atom. The van der Waals surface area contributed by atoms with Crippen LogP contribution >= 0.6 is 23.2 Å². The van der Waals surface area contributed by atoms with Crippen molar-refractivity contribution in [2.24, 2.45) is 0 Å². The molecule has 100 valence electrons. The van der Waals surface area contributed by atoms with Crippen LogP contribution in [0.15, 0.2) is 12.1 Å². The molecule has 1 unspecified atom stereocenters. The number of alkyl halides is 1. The summed E-state index contributed by atoms with van der Waals surface area (Å²) in [6, 6.07) is 4.45. The van der Waals surface area contributed by atoms with Crippen molar-refractivity contribution in [3.8, 4) is 5.75 Å². The summed E-state index contributed by atoms with van der Waals surface area (Å²) in [5.74, 6) is 1.71. The molecule has 2 nitrogen and oxygen atoms in total. The molecule has 2 rings (SSSR count). The molecular formula is C14H19Cl2NO. The lowest BCUT2D eigenvalue weighted by Crippen LogP contribution is -2.28. The molecule has 0 aromatic heterocycles. The van der Waals surface area contributed by atoms with E-state index in [-0.39, 0.29) is 0 Å². The minimum atomic E-state index is 0.457. The van der Waals surface area contributed by atoms with Crippen molar-refractivity contribution in [1.29, 1.82) is 0 Å². The van der Waals surface area contributed by atoms with Crippen LogP contribution in [0.3, 0.4) is 0 Å². The van der Waals surface area contributed by atoms with Crippen LogP contribution in [0.4, 0.5) is 0 Å². The zero-order valence-corrected chi connectivity index (χ0v) is 12.2. The quantitative estimate of drug-likeness (QED) is 0.804. The van der Waals surface area contributed by atoms with Gasteiger partial charge in [0.1, 0.15) is 5.75 Å². The van der Waals surface area contributed by atoms with Gasteiger partial charge in [0.05, 0.1) is 6.61 Å². The Morgan fingerprint density at radius 1 is 1.44 bits per heavy atom. The van der Waals surface area contributed by atoms with Gasteiger partial charge in [0, 0.05) is 35.5 Å². The van der Waals surface area contributed by atoms with Crippen LogP contribution in [-0.4, -0.2) is 18.5 Å². The zero-order chi connectivity index (χ0) is 13.0. The number of benzene rings is 1. The van der Waals surface area contributed by atoms with Crippen LogP contribution in [0.1, 0.15) is 30.9 Å². The van der Waals surface area contributed by atoms with Crippen molar-refractivity contribution < 1.29 is 4.74 Å². The molecule has 0 fully saturated rings. The highest BCUT2D eigenvalue weighted by Crippen LogP contribution is 2.32. The third kappa shape index (κ3) is 3.31. The molecule has 0 aliphatic carbocycles. The largest absolute Gasteiger partial charge is 0.493 e. The molecule has 1 aromatic rings. The predicted molar refractivity (Wildman–Crippen MR) is 76.9 cm³/mol. The topological polar surface area (TPSA) is 21.3 Å². The number of ether oxygens (including phenoxy) is 1. The molecule has 0 saturated heterocycles. The molecule has 4 heteroatoms. The third-order valence-corrected chi connectivity index (χ3v) is 3.79. The molecule has 18 heavy (non-hydrogen) atoms. The summed E-state index contributed by atoms with van der Waals surface area (Å²) in [7, 11) is 0. The first-order valence-corrected chi connectivity index (χ1v) is 7.39. The average molecular weight is 288 g/mol. The Labute approximate surface area is 119 Å². The smallest absolute Gasteiger partial charge is 0.127 e. The van der Waals surface area contributed by atoms with E-state index in [9.17, 15) is 0 Å². The number of halogens is 2. The van der Waals surface area contributed by atoms with Crippen LogP contribution in [0, 0.1) is 0 Å². The predicted octanol–water partition coefficient (Wildman–Crippen LogP) is 3.77. The summed E-state index contributed by atoms with van der Waals surface area (Å²) >= 11 is 11.9. The molecule has 1 aromatic carbocycles. The van der Waals surface area contributed by atoms with E-state index in [0.717, 1.165) is 48.7 Å². The van der Waals surface area contributed by atoms with Crippen LogP contribution in [0.2, 0.25) is 5.02 Å². The Bertz CT molecular complexity index is 409. The van der Waals surface area contributed by atoms with Crippen LogP contribution < -0.4 is 10.1 Å². The molecule has 1 aliphatic heterocycles. The second kappa shape index (κ2) is 6.65. The highest BCUT2D eigenvalue weighted by molar-refractivity contribution is 6.30. The van der Waals surface area contributed by atoms with Crippen molar-refractivity contribution in [3.05, 3.63) is 28.3 Å². The van der Waals surface area contributed by atoms with Gasteiger partial charge in [0.25, 0.3) is 0 Å². The summed E-state index contributed by atoms with van der Waals surface area (Å²) in [6.45, 7) is 3.73. The summed E-state index contributed by atoms with van der Waals surface area (Å²) < 4.78 is 5.69. The van der Waals surface area contributed by atoms with Gasteiger partial charge in [-0.15, -0.1) is 11.6 Å². The van der Waals surface area contributed by atoms with Crippen LogP contribution in [0.25, 0.3) is 0 Å². The molecule has 0 bridgehead atoms. The molecule has 1 atom stereocenters. The Kier molecular flexibility index (Phi) is 5.16. The summed E-state index contributed by atoms with van der Waals surface area (Å²) in [5, 5.41) is 4.31. The lowest BCUT2D eigenvalue weighted by Gasteiger charge is -2.17. The van der Waals surface area contributed by atoms with E-state index in [1.807, 2.05) is 12.1 Å². The van der Waals surface area contributed by atoms with E-state index >= 15 is 0 Å². The monoisotopic (exact) mass is 287 g/mol. The molecular weight excluding hydrogens is 269 g/mol. The van der Waals surface area contributed by atoms with Crippen molar-refractivity contribution >= 4 is 23.2 Å². The van der Waals surface area contributed by atoms with Gasteiger partial charge in [0.15, 0.2) is 0 Å². The van der Waals surface area contributed by atoms with Crippen molar-refractivity contribution in [3.63, 3.8) is 0 Å². The number of fused-ring (bicyclic) bond motifs is 1. The highest BCUT2D eigenvalue weighted by Gasteiger charge is 2.18. The fraction of sp³-hybridized carbons (Fsp3) is 0.571. The highest BCUT2D eigenvalue weighted by atomic mass is 35.5. The van der Waals surface area contributed by atoms with E-state index in [0.29, 0.717) is 11.9 Å². The first-order chi connectivity index (χ1) is 8.74. The molecule has 0 radical (unpaired) electrons. The van der Waals surface area contributed by atoms with Gasteiger partial charge in [0.2, 0.25) is 0 Å². The van der Waals surface area contributed by atoms with E-state index in [2.05, 4.69) is 12.2 Å². The maximum Gasteiger partial charge on any atom is 0.127 e. The fourth-order valence-electron chi connectivity index (χ4n) is 2.31. The van der Waals surface area contributed by atoms with Crippen LogP contribution in [-0.2, 0) is 13.0 Å². The average Bonchev–Trinajstić information content (AvgIpc) is 2.82. The maximum atomic E-state index is 6.13. The zero-order valence-electron chi connectivity index (χ0n) is 10.6. The number of nitrogens with one attached hydrogen (secondary N) is 1. The maximum absolute atomic E-state index is 6.13. The van der Waals surface area contributed by atoms with E-state index < -0.39 is 0 Å². The van der Waals surface area contributed by atoms with Gasteiger partial charge in [-0.25, -0.2) is 0 Å². The molecule has 0 saturated carbocycles. The van der Waals surface area contributed by atoms with E-state index in [4.69, 9.17) is 27.9 Å². The van der Waals surface area contributed by atoms with E-state index in [1.54, 1.807) is 0 Å². The molecule has 1 aliphatic rings. The minimum Gasteiger partial charge on any atom is -0.493 e. The lowest BCUT2D eigenvalue weighted by atomic mass is 10.1. The van der Waals surface area contributed by atoms with Crippen molar-refractivity contribution in [2.75, 3.05) is 12.5 Å². The van der Waals surface area contributed by atoms with Gasteiger partial charge >= 0.3 is 0 Å². The molecule has 0 amide bonds. The minimum absolute atomic E-state index is 0.457. The second-order valence-corrected chi connectivity index (χ2v) is 5.43. The SMILES string of the molecule is CCC(CCCl)NCc1cc(Cl)cc2c1OCC2. The van der Waals surface area contributed by atoms with E-state index in [1.165, 1.54) is 5.56 Å².